The Labute approximate surface area is 80.3 Å². The van der Waals surface area contributed by atoms with Gasteiger partial charge < -0.3 is 5.11 Å². The summed E-state index contributed by atoms with van der Waals surface area (Å²) in [5.41, 5.74) is 0. The second kappa shape index (κ2) is 4.23. The van der Waals surface area contributed by atoms with Gasteiger partial charge in [-0.2, -0.15) is 0 Å². The van der Waals surface area contributed by atoms with Crippen LogP contribution in [-0.2, 0) is 4.79 Å². The Bertz CT molecular complexity index is 189. The van der Waals surface area contributed by atoms with Crippen molar-refractivity contribution in [3.63, 3.8) is 0 Å². The van der Waals surface area contributed by atoms with Crippen LogP contribution in [0.4, 0.5) is 0 Å². The average molecular weight is 184 g/mol. The van der Waals surface area contributed by atoms with E-state index in [9.17, 15) is 9.90 Å². The maximum Gasteiger partial charge on any atom is 0.133 e. The Kier molecular flexibility index (Phi) is 3.48. The van der Waals surface area contributed by atoms with Gasteiger partial charge in [0.2, 0.25) is 0 Å². The normalized spacial score (nSPS) is 37.1. The van der Waals surface area contributed by atoms with Crippen LogP contribution in [0.1, 0.15) is 40.0 Å². The highest BCUT2D eigenvalue weighted by molar-refractivity contribution is 5.78. The molecule has 0 unspecified atom stereocenters. The lowest BCUT2D eigenvalue weighted by molar-refractivity contribution is -0.124. The molecule has 0 aliphatic heterocycles. The van der Waals surface area contributed by atoms with Gasteiger partial charge in [0.15, 0.2) is 0 Å². The van der Waals surface area contributed by atoms with Crippen LogP contribution >= 0.6 is 0 Å². The third kappa shape index (κ3) is 2.53. The van der Waals surface area contributed by atoms with Gasteiger partial charge in [-0.3, -0.25) is 4.79 Å². The number of hydrogen-bond acceptors (Lipinski definition) is 2. The van der Waals surface area contributed by atoms with E-state index in [1.54, 1.807) is 6.92 Å². The Morgan fingerprint density at radius 3 is 2.54 bits per heavy atom. The highest BCUT2D eigenvalue weighted by atomic mass is 16.3. The first-order chi connectivity index (χ1) is 6.02. The number of carbonyl (C=O) groups is 1. The minimum Gasteiger partial charge on any atom is -0.393 e. The van der Waals surface area contributed by atoms with Crippen molar-refractivity contribution in [1.82, 2.24) is 0 Å². The van der Waals surface area contributed by atoms with E-state index < -0.39 is 0 Å². The summed E-state index contributed by atoms with van der Waals surface area (Å²) in [6.07, 6.45) is 2.76. The van der Waals surface area contributed by atoms with E-state index in [0.717, 1.165) is 19.3 Å². The quantitative estimate of drug-likeness (QED) is 0.712. The SMILES string of the molecule is CC(=O)[C@H](C)[C@@H]1CC[C@@H](C)C[C@H]1O. The monoisotopic (exact) mass is 184 g/mol. The zero-order chi connectivity index (χ0) is 10.0. The van der Waals surface area contributed by atoms with E-state index in [1.807, 2.05) is 6.92 Å². The lowest BCUT2D eigenvalue weighted by atomic mass is 9.74. The van der Waals surface area contributed by atoms with Crippen molar-refractivity contribution in [2.24, 2.45) is 17.8 Å². The first kappa shape index (κ1) is 10.7. The van der Waals surface area contributed by atoms with Gasteiger partial charge >= 0.3 is 0 Å². The first-order valence-electron chi connectivity index (χ1n) is 5.21. The predicted octanol–water partition coefficient (Wildman–Crippen LogP) is 2.01. The second-order valence-electron chi connectivity index (χ2n) is 4.55. The summed E-state index contributed by atoms with van der Waals surface area (Å²) in [5.74, 6) is 1.06. The summed E-state index contributed by atoms with van der Waals surface area (Å²) < 4.78 is 0. The molecule has 0 spiro atoms. The van der Waals surface area contributed by atoms with Crippen molar-refractivity contribution in [3.05, 3.63) is 0 Å². The molecule has 0 radical (unpaired) electrons. The van der Waals surface area contributed by atoms with Crippen molar-refractivity contribution >= 4 is 5.78 Å². The fourth-order valence-electron chi connectivity index (χ4n) is 2.26. The van der Waals surface area contributed by atoms with Crippen LogP contribution in [0, 0.1) is 17.8 Å². The molecule has 0 heterocycles. The van der Waals surface area contributed by atoms with Gasteiger partial charge in [-0.25, -0.2) is 0 Å². The molecular formula is C11H20O2. The molecule has 1 aliphatic carbocycles. The molecular weight excluding hydrogens is 164 g/mol. The molecule has 0 saturated heterocycles. The Morgan fingerprint density at radius 1 is 1.46 bits per heavy atom. The molecule has 0 amide bonds. The lowest BCUT2D eigenvalue weighted by Crippen LogP contribution is -2.35. The number of ketones is 1. The molecule has 13 heavy (non-hydrogen) atoms. The van der Waals surface area contributed by atoms with Crippen molar-refractivity contribution in [2.75, 3.05) is 0 Å². The van der Waals surface area contributed by atoms with Gasteiger partial charge in [-0.1, -0.05) is 20.3 Å². The standard InChI is InChI=1S/C11H20O2/c1-7-4-5-10(11(13)6-7)8(2)9(3)12/h7-8,10-11,13H,4-6H2,1-3H3/t7-,8+,10+,11-/m1/s1. The largest absolute Gasteiger partial charge is 0.393 e. The van der Waals surface area contributed by atoms with Gasteiger partial charge in [0, 0.05) is 5.92 Å². The molecule has 1 aliphatic rings. The van der Waals surface area contributed by atoms with Crippen LogP contribution in [-0.4, -0.2) is 17.0 Å². The molecule has 1 fully saturated rings. The maximum atomic E-state index is 11.2. The van der Waals surface area contributed by atoms with E-state index in [1.165, 1.54) is 0 Å². The number of aliphatic hydroxyl groups is 1. The first-order valence-corrected chi connectivity index (χ1v) is 5.21. The molecule has 2 nitrogen and oxygen atoms in total. The molecule has 1 rings (SSSR count). The molecule has 0 aromatic rings. The molecule has 0 bridgehead atoms. The predicted molar refractivity (Wildman–Crippen MR) is 52.4 cm³/mol. The van der Waals surface area contributed by atoms with E-state index >= 15 is 0 Å². The van der Waals surface area contributed by atoms with Crippen molar-refractivity contribution in [2.45, 2.75) is 46.1 Å². The van der Waals surface area contributed by atoms with Crippen LogP contribution in [0.5, 0.6) is 0 Å². The highest BCUT2D eigenvalue weighted by Gasteiger charge is 2.32. The number of carbonyl (C=O) groups excluding carboxylic acids is 1. The van der Waals surface area contributed by atoms with E-state index in [0.29, 0.717) is 5.92 Å². The van der Waals surface area contributed by atoms with Crippen molar-refractivity contribution in [1.29, 1.82) is 0 Å². The summed E-state index contributed by atoms with van der Waals surface area (Å²) in [7, 11) is 0. The molecule has 0 aromatic carbocycles. The Morgan fingerprint density at radius 2 is 2.08 bits per heavy atom. The minimum atomic E-state index is -0.261. The molecule has 1 saturated carbocycles. The van der Waals surface area contributed by atoms with Gasteiger partial charge in [-0.15, -0.1) is 0 Å². The number of Topliss-reactive ketones (excluding diaryl/α,β-unsaturated/α-hetero) is 1. The second-order valence-corrected chi connectivity index (χ2v) is 4.55. The van der Waals surface area contributed by atoms with Crippen molar-refractivity contribution < 1.29 is 9.90 Å². The van der Waals surface area contributed by atoms with Crippen LogP contribution in [0.3, 0.4) is 0 Å². The van der Waals surface area contributed by atoms with Crippen LogP contribution in [0.15, 0.2) is 0 Å². The molecule has 76 valence electrons. The van der Waals surface area contributed by atoms with Crippen molar-refractivity contribution in [3.8, 4) is 0 Å². The summed E-state index contributed by atoms with van der Waals surface area (Å²) >= 11 is 0. The van der Waals surface area contributed by atoms with Gasteiger partial charge in [0.05, 0.1) is 6.10 Å². The molecule has 1 N–H and O–H groups in total. The summed E-state index contributed by atoms with van der Waals surface area (Å²) in [6.45, 7) is 5.72. The van der Waals surface area contributed by atoms with Crippen LogP contribution < -0.4 is 0 Å². The third-order valence-electron chi connectivity index (χ3n) is 3.41. The Hall–Kier alpha value is -0.370. The molecule has 2 heteroatoms. The zero-order valence-corrected chi connectivity index (χ0v) is 8.79. The lowest BCUT2D eigenvalue weighted by Gasteiger charge is -2.34. The van der Waals surface area contributed by atoms with E-state index in [-0.39, 0.29) is 23.7 Å². The summed E-state index contributed by atoms with van der Waals surface area (Å²) in [5, 5.41) is 9.81. The number of aliphatic hydroxyl groups excluding tert-OH is 1. The summed E-state index contributed by atoms with van der Waals surface area (Å²) in [4.78, 5) is 11.2. The van der Waals surface area contributed by atoms with Gasteiger partial charge in [0.25, 0.3) is 0 Å². The van der Waals surface area contributed by atoms with E-state index in [4.69, 9.17) is 0 Å². The van der Waals surface area contributed by atoms with Crippen LogP contribution in [0.25, 0.3) is 0 Å². The minimum absolute atomic E-state index is 0.0301. The molecule has 4 atom stereocenters. The van der Waals surface area contributed by atoms with E-state index in [2.05, 4.69) is 6.92 Å². The number of rotatable bonds is 2. The average Bonchev–Trinajstić information content (AvgIpc) is 2.03. The number of hydrogen-bond donors (Lipinski definition) is 1. The smallest absolute Gasteiger partial charge is 0.133 e. The fourth-order valence-corrected chi connectivity index (χ4v) is 2.26. The third-order valence-corrected chi connectivity index (χ3v) is 3.41. The molecule has 0 aromatic heterocycles. The van der Waals surface area contributed by atoms with Gasteiger partial charge in [0.1, 0.15) is 5.78 Å². The topological polar surface area (TPSA) is 37.3 Å². The maximum absolute atomic E-state index is 11.2. The fraction of sp³-hybridized carbons (Fsp3) is 0.909. The zero-order valence-electron chi connectivity index (χ0n) is 8.79. The highest BCUT2D eigenvalue weighted by Crippen LogP contribution is 2.33. The van der Waals surface area contributed by atoms with Crippen LogP contribution in [0.2, 0.25) is 0 Å². The summed E-state index contributed by atoms with van der Waals surface area (Å²) in [6, 6.07) is 0. The van der Waals surface area contributed by atoms with Gasteiger partial charge in [-0.05, 0) is 31.6 Å². The Balaban J connectivity index is 2.55.